The highest BCUT2D eigenvalue weighted by atomic mass is 16.2. The van der Waals surface area contributed by atoms with E-state index in [1.165, 1.54) is 0 Å². The molecule has 0 bridgehead atoms. The molecule has 2 aromatic heterocycles. The van der Waals surface area contributed by atoms with Crippen LogP contribution in [-0.4, -0.2) is 31.5 Å². The van der Waals surface area contributed by atoms with Crippen LogP contribution >= 0.6 is 0 Å². The lowest BCUT2D eigenvalue weighted by Crippen LogP contribution is -2.01. The Kier molecular flexibility index (Phi) is 4.87. The summed E-state index contributed by atoms with van der Waals surface area (Å²) in [5.74, 6) is 6.40. The summed E-state index contributed by atoms with van der Waals surface area (Å²) >= 11 is 0. The van der Waals surface area contributed by atoms with Crippen LogP contribution in [0.4, 0.5) is 17.3 Å². The molecule has 0 spiro atoms. The van der Waals surface area contributed by atoms with Crippen LogP contribution in [0.2, 0.25) is 0 Å². The minimum absolute atomic E-state index is 0.0663. The Labute approximate surface area is 161 Å². The maximum absolute atomic E-state index is 8.80. The fourth-order valence-electron chi connectivity index (χ4n) is 2.67. The topological polar surface area (TPSA) is 102 Å². The summed E-state index contributed by atoms with van der Waals surface area (Å²) in [5, 5.41) is 17.3. The summed E-state index contributed by atoms with van der Waals surface area (Å²) in [6.45, 7) is 0.0663. The van der Waals surface area contributed by atoms with Gasteiger partial charge < -0.3 is 16.2 Å². The van der Waals surface area contributed by atoms with E-state index in [0.717, 1.165) is 22.3 Å². The highest BCUT2D eigenvalue weighted by molar-refractivity contribution is 5.77. The molecule has 2 heterocycles. The number of nitrogens with two attached hydrogens (primary N) is 1. The van der Waals surface area contributed by atoms with Crippen LogP contribution in [0.15, 0.2) is 60.9 Å². The SMILES string of the molecule is Nc1ccc(Nc2ncc3cnn(-c4ccc(C#CCCO)cc4)c3n2)cc1. The lowest BCUT2D eigenvalue weighted by Gasteiger charge is -2.07. The summed E-state index contributed by atoms with van der Waals surface area (Å²) in [5.41, 5.74) is 9.73. The van der Waals surface area contributed by atoms with Gasteiger partial charge in [0.15, 0.2) is 5.65 Å². The van der Waals surface area contributed by atoms with E-state index in [9.17, 15) is 0 Å². The first-order valence-electron chi connectivity index (χ1n) is 8.76. The van der Waals surface area contributed by atoms with Crippen LogP contribution in [-0.2, 0) is 0 Å². The van der Waals surface area contributed by atoms with Gasteiger partial charge in [-0.05, 0) is 48.5 Å². The molecule has 0 aliphatic heterocycles. The Morgan fingerprint density at radius 2 is 1.82 bits per heavy atom. The fraction of sp³-hybridized carbons (Fsp3) is 0.0952. The number of aliphatic hydroxyl groups excluding tert-OH is 1. The Morgan fingerprint density at radius 1 is 1.04 bits per heavy atom. The summed E-state index contributed by atoms with van der Waals surface area (Å²) < 4.78 is 1.76. The molecule has 4 aromatic rings. The number of hydrogen-bond acceptors (Lipinski definition) is 6. The van der Waals surface area contributed by atoms with Crippen LogP contribution in [0, 0.1) is 11.8 Å². The van der Waals surface area contributed by atoms with E-state index in [1.54, 1.807) is 17.1 Å². The lowest BCUT2D eigenvalue weighted by atomic mass is 10.2. The quantitative estimate of drug-likeness (QED) is 0.377. The van der Waals surface area contributed by atoms with E-state index in [1.807, 2.05) is 48.5 Å². The third-order valence-corrected chi connectivity index (χ3v) is 4.06. The van der Waals surface area contributed by atoms with Crippen LogP contribution in [0.25, 0.3) is 16.7 Å². The average Bonchev–Trinajstić information content (AvgIpc) is 3.14. The standard InChI is InChI=1S/C21H18N6O/c22-17-6-8-18(9-7-17)25-21-23-13-16-14-24-27(20(16)26-21)19-10-4-15(5-11-19)3-1-2-12-28/h4-11,13-14,28H,2,12,22H2,(H,23,25,26). The third kappa shape index (κ3) is 3.77. The number of aromatic nitrogens is 4. The molecule has 138 valence electrons. The molecule has 0 aliphatic carbocycles. The second-order valence-electron chi connectivity index (χ2n) is 6.10. The van der Waals surface area contributed by atoms with Gasteiger partial charge in [0.2, 0.25) is 5.95 Å². The Balaban J connectivity index is 1.63. The Hall–Kier alpha value is -3.89. The van der Waals surface area contributed by atoms with Gasteiger partial charge in [0.05, 0.1) is 23.9 Å². The zero-order valence-electron chi connectivity index (χ0n) is 15.0. The van der Waals surface area contributed by atoms with E-state index in [4.69, 9.17) is 10.8 Å². The van der Waals surface area contributed by atoms with Crippen LogP contribution in [0.1, 0.15) is 12.0 Å². The number of nitrogen functional groups attached to an aromatic ring is 1. The number of nitrogens with zero attached hydrogens (tertiary/aromatic N) is 4. The van der Waals surface area contributed by atoms with Crippen molar-refractivity contribution in [3.8, 4) is 17.5 Å². The van der Waals surface area contributed by atoms with Crippen molar-refractivity contribution < 1.29 is 5.11 Å². The first-order valence-corrected chi connectivity index (χ1v) is 8.76. The van der Waals surface area contributed by atoms with Gasteiger partial charge in [-0.2, -0.15) is 10.1 Å². The second kappa shape index (κ2) is 7.78. The van der Waals surface area contributed by atoms with Crippen LogP contribution in [0.3, 0.4) is 0 Å². The highest BCUT2D eigenvalue weighted by Crippen LogP contribution is 2.20. The first-order chi connectivity index (χ1) is 13.7. The second-order valence-corrected chi connectivity index (χ2v) is 6.10. The maximum Gasteiger partial charge on any atom is 0.229 e. The van der Waals surface area contributed by atoms with E-state index < -0.39 is 0 Å². The van der Waals surface area contributed by atoms with Gasteiger partial charge in [-0.15, -0.1) is 0 Å². The maximum atomic E-state index is 8.80. The Morgan fingerprint density at radius 3 is 2.57 bits per heavy atom. The molecule has 0 amide bonds. The fourth-order valence-corrected chi connectivity index (χ4v) is 2.67. The molecular formula is C21H18N6O. The zero-order valence-corrected chi connectivity index (χ0v) is 15.0. The predicted molar refractivity (Wildman–Crippen MR) is 109 cm³/mol. The van der Waals surface area contributed by atoms with Gasteiger partial charge in [-0.1, -0.05) is 11.8 Å². The van der Waals surface area contributed by atoms with Crippen molar-refractivity contribution in [2.24, 2.45) is 0 Å². The number of aliphatic hydroxyl groups is 1. The molecule has 0 saturated heterocycles. The normalized spacial score (nSPS) is 10.5. The number of anilines is 3. The molecule has 4 N–H and O–H groups in total. The van der Waals surface area contributed by atoms with Crippen molar-refractivity contribution >= 4 is 28.4 Å². The van der Waals surface area contributed by atoms with Crippen molar-refractivity contribution in [2.75, 3.05) is 17.7 Å². The molecule has 0 aliphatic rings. The van der Waals surface area contributed by atoms with E-state index in [0.29, 0.717) is 23.7 Å². The molecule has 7 heteroatoms. The highest BCUT2D eigenvalue weighted by Gasteiger charge is 2.09. The number of fused-ring (bicyclic) bond motifs is 1. The van der Waals surface area contributed by atoms with Gasteiger partial charge in [-0.25, -0.2) is 9.67 Å². The summed E-state index contributed by atoms with van der Waals surface area (Å²) in [6.07, 6.45) is 3.93. The average molecular weight is 370 g/mol. The largest absolute Gasteiger partial charge is 0.399 e. The Bertz CT molecular complexity index is 1150. The molecule has 28 heavy (non-hydrogen) atoms. The number of rotatable bonds is 4. The number of hydrogen-bond donors (Lipinski definition) is 3. The zero-order chi connectivity index (χ0) is 19.3. The molecule has 4 rings (SSSR count). The molecule has 7 nitrogen and oxygen atoms in total. The third-order valence-electron chi connectivity index (χ3n) is 4.06. The van der Waals surface area contributed by atoms with Gasteiger partial charge in [0, 0.05) is 29.6 Å². The van der Waals surface area contributed by atoms with Crippen molar-refractivity contribution in [2.45, 2.75) is 6.42 Å². The summed E-state index contributed by atoms with van der Waals surface area (Å²) in [4.78, 5) is 8.95. The molecule has 0 radical (unpaired) electrons. The van der Waals surface area contributed by atoms with Gasteiger partial charge in [0.1, 0.15) is 0 Å². The van der Waals surface area contributed by atoms with Crippen molar-refractivity contribution in [3.05, 3.63) is 66.5 Å². The van der Waals surface area contributed by atoms with Gasteiger partial charge in [0.25, 0.3) is 0 Å². The molecule has 2 aromatic carbocycles. The first kappa shape index (κ1) is 17.5. The minimum atomic E-state index is 0.0663. The van der Waals surface area contributed by atoms with Crippen LogP contribution in [0.5, 0.6) is 0 Å². The molecule has 0 fully saturated rings. The van der Waals surface area contributed by atoms with E-state index in [2.05, 4.69) is 32.2 Å². The molecular weight excluding hydrogens is 352 g/mol. The minimum Gasteiger partial charge on any atom is -0.399 e. The van der Waals surface area contributed by atoms with Gasteiger partial charge in [-0.3, -0.25) is 0 Å². The molecule has 0 atom stereocenters. The molecule has 0 saturated carbocycles. The van der Waals surface area contributed by atoms with Crippen molar-refractivity contribution in [1.82, 2.24) is 19.7 Å². The lowest BCUT2D eigenvalue weighted by molar-refractivity contribution is 0.305. The van der Waals surface area contributed by atoms with Gasteiger partial charge >= 0.3 is 0 Å². The van der Waals surface area contributed by atoms with E-state index in [-0.39, 0.29) is 6.61 Å². The van der Waals surface area contributed by atoms with Crippen molar-refractivity contribution in [1.29, 1.82) is 0 Å². The van der Waals surface area contributed by atoms with Crippen LogP contribution < -0.4 is 11.1 Å². The summed E-state index contributed by atoms with van der Waals surface area (Å²) in [6, 6.07) is 15.1. The number of benzene rings is 2. The number of nitrogens with one attached hydrogen (secondary N) is 1. The monoisotopic (exact) mass is 370 g/mol. The van der Waals surface area contributed by atoms with E-state index >= 15 is 0 Å². The smallest absolute Gasteiger partial charge is 0.229 e. The molecule has 0 unspecified atom stereocenters. The summed E-state index contributed by atoms with van der Waals surface area (Å²) in [7, 11) is 0. The van der Waals surface area contributed by atoms with Crippen molar-refractivity contribution in [3.63, 3.8) is 0 Å². The predicted octanol–water partition coefficient (Wildman–Crippen LogP) is 2.88.